The predicted molar refractivity (Wildman–Crippen MR) is 103 cm³/mol. The van der Waals surface area contributed by atoms with Gasteiger partial charge in [-0.1, -0.05) is 23.7 Å². The van der Waals surface area contributed by atoms with Crippen LogP contribution < -0.4 is 4.74 Å². The number of aliphatic hydroxyl groups is 1. The van der Waals surface area contributed by atoms with Crippen LogP contribution in [0.3, 0.4) is 0 Å². The lowest BCUT2D eigenvalue weighted by molar-refractivity contribution is 0.00706. The van der Waals surface area contributed by atoms with Gasteiger partial charge in [-0.2, -0.15) is 4.98 Å². The van der Waals surface area contributed by atoms with E-state index in [2.05, 4.69) is 15.0 Å². The molecule has 10 heteroatoms. The molecular formula is C20H17ClFN3O5. The Labute approximate surface area is 174 Å². The number of ether oxygens (including phenoxy) is 3. The minimum atomic E-state index is -0.672. The Bertz CT molecular complexity index is 1120. The van der Waals surface area contributed by atoms with Crippen molar-refractivity contribution < 1.29 is 28.5 Å². The van der Waals surface area contributed by atoms with Crippen LogP contribution in [0, 0.1) is 5.82 Å². The number of carbonyl (C=O) groups excluding carboxylic acids is 1. The van der Waals surface area contributed by atoms with Crippen molar-refractivity contribution in [1.82, 2.24) is 15.0 Å². The molecule has 0 aliphatic carbocycles. The van der Waals surface area contributed by atoms with Crippen LogP contribution in [0.2, 0.25) is 5.02 Å². The van der Waals surface area contributed by atoms with E-state index in [0.717, 1.165) is 0 Å². The van der Waals surface area contributed by atoms with Crippen molar-refractivity contribution >= 4 is 28.5 Å². The maximum Gasteiger partial charge on any atom is 0.296 e. The zero-order valence-electron chi connectivity index (χ0n) is 15.5. The van der Waals surface area contributed by atoms with E-state index in [9.17, 15) is 14.3 Å². The van der Waals surface area contributed by atoms with Gasteiger partial charge in [0, 0.05) is 0 Å². The van der Waals surface area contributed by atoms with Crippen LogP contribution >= 0.6 is 11.6 Å². The third kappa shape index (κ3) is 3.43. The number of aromatic nitrogens is 3. The summed E-state index contributed by atoms with van der Waals surface area (Å²) in [6.45, 7) is 0.464. The Morgan fingerprint density at radius 3 is 2.90 bits per heavy atom. The van der Waals surface area contributed by atoms with Gasteiger partial charge in [-0.25, -0.2) is 9.37 Å². The van der Waals surface area contributed by atoms with Gasteiger partial charge in [-0.15, -0.1) is 0 Å². The SMILES string of the molecule is O=C(Cc1nc2nc(O[C@@H]3CO[C@H]4[C@@H]3OC[C@H]4O)[nH]c2cc1Cl)c1ccccc1F. The van der Waals surface area contributed by atoms with E-state index in [1.807, 2.05) is 0 Å². The average Bonchev–Trinajstić information content (AvgIpc) is 3.40. The van der Waals surface area contributed by atoms with Crippen molar-refractivity contribution in [3.05, 3.63) is 52.4 Å². The highest BCUT2D eigenvalue weighted by Gasteiger charge is 2.48. The van der Waals surface area contributed by atoms with E-state index in [1.54, 1.807) is 12.1 Å². The first kappa shape index (κ1) is 19.4. The zero-order chi connectivity index (χ0) is 20.8. The Kier molecular flexibility index (Phi) is 4.90. The number of hydrogen-bond donors (Lipinski definition) is 2. The number of benzene rings is 1. The Morgan fingerprint density at radius 1 is 1.27 bits per heavy atom. The largest absolute Gasteiger partial charge is 0.456 e. The van der Waals surface area contributed by atoms with Crippen LogP contribution in [0.25, 0.3) is 11.2 Å². The highest BCUT2D eigenvalue weighted by atomic mass is 35.5. The molecular weight excluding hydrogens is 417 g/mol. The summed E-state index contributed by atoms with van der Waals surface area (Å²) in [4.78, 5) is 24.1. The molecule has 2 fully saturated rings. The predicted octanol–water partition coefficient (Wildman–Crippen LogP) is 2.08. The van der Waals surface area contributed by atoms with Crippen LogP contribution in [-0.2, 0) is 15.9 Å². The number of H-pyrrole nitrogens is 1. The number of nitrogens with one attached hydrogen (secondary N) is 1. The van der Waals surface area contributed by atoms with E-state index >= 15 is 0 Å². The van der Waals surface area contributed by atoms with Gasteiger partial charge in [0.2, 0.25) is 0 Å². The van der Waals surface area contributed by atoms with Crippen molar-refractivity contribution in [1.29, 1.82) is 0 Å². The smallest absolute Gasteiger partial charge is 0.296 e. The maximum absolute atomic E-state index is 13.9. The number of carbonyl (C=O) groups is 1. The Balaban J connectivity index is 1.36. The van der Waals surface area contributed by atoms with Gasteiger partial charge in [0.05, 0.1) is 41.4 Å². The lowest BCUT2D eigenvalue weighted by atomic mass is 10.1. The van der Waals surface area contributed by atoms with Crippen LogP contribution in [-0.4, -0.2) is 63.5 Å². The molecule has 2 aliphatic heterocycles. The third-order valence-electron chi connectivity index (χ3n) is 5.22. The first-order valence-electron chi connectivity index (χ1n) is 9.40. The number of imidazole rings is 1. The number of fused-ring (bicyclic) bond motifs is 2. The number of aliphatic hydroxyl groups excluding tert-OH is 1. The minimum Gasteiger partial charge on any atom is -0.456 e. The number of pyridine rings is 1. The lowest BCUT2D eigenvalue weighted by Gasteiger charge is -2.15. The van der Waals surface area contributed by atoms with Gasteiger partial charge in [-0.3, -0.25) is 4.79 Å². The molecule has 4 atom stereocenters. The molecule has 2 aliphatic rings. The third-order valence-corrected chi connectivity index (χ3v) is 5.55. The molecule has 2 N–H and O–H groups in total. The molecule has 0 saturated carbocycles. The molecule has 0 spiro atoms. The van der Waals surface area contributed by atoms with Crippen molar-refractivity contribution in [3.63, 3.8) is 0 Å². The standard InChI is InChI=1S/C20H17ClFN3O5/c21-10-5-13-19(23-12(10)6-14(26)9-3-1-2-4-11(9)22)25-20(24-13)30-16-8-29-17-15(27)7-28-18(16)17/h1-5,15-18,27H,6-8H2,(H,23,24,25)/t15-,16-,17-,18-/m1/s1. The van der Waals surface area contributed by atoms with Gasteiger partial charge >= 0.3 is 0 Å². The molecule has 0 radical (unpaired) electrons. The highest BCUT2D eigenvalue weighted by molar-refractivity contribution is 6.32. The quantitative estimate of drug-likeness (QED) is 0.593. The molecule has 2 aromatic heterocycles. The summed E-state index contributed by atoms with van der Waals surface area (Å²) in [5, 5.41) is 10.1. The Hall–Kier alpha value is -2.59. The van der Waals surface area contributed by atoms with Gasteiger partial charge in [0.15, 0.2) is 17.5 Å². The second-order valence-corrected chi connectivity index (χ2v) is 7.64. The molecule has 4 heterocycles. The average molecular weight is 434 g/mol. The summed E-state index contributed by atoms with van der Waals surface area (Å²) in [6, 6.07) is 7.55. The number of rotatable bonds is 5. The molecule has 0 bridgehead atoms. The summed E-state index contributed by atoms with van der Waals surface area (Å²) < 4.78 is 30.8. The summed E-state index contributed by atoms with van der Waals surface area (Å²) in [5.74, 6) is -1.02. The monoisotopic (exact) mass is 433 g/mol. The minimum absolute atomic E-state index is 0.0175. The van der Waals surface area contributed by atoms with Crippen LogP contribution in [0.1, 0.15) is 16.1 Å². The van der Waals surface area contributed by atoms with E-state index in [1.165, 1.54) is 18.2 Å². The van der Waals surface area contributed by atoms with Gasteiger partial charge < -0.3 is 24.3 Å². The highest BCUT2D eigenvalue weighted by Crippen LogP contribution is 2.30. The summed E-state index contributed by atoms with van der Waals surface area (Å²) in [5.41, 5.74) is 1.12. The lowest BCUT2D eigenvalue weighted by Crippen LogP contribution is -2.34. The fraction of sp³-hybridized carbons (Fsp3) is 0.350. The molecule has 30 heavy (non-hydrogen) atoms. The molecule has 5 rings (SSSR count). The van der Waals surface area contributed by atoms with E-state index < -0.39 is 29.9 Å². The molecule has 2 saturated heterocycles. The first-order valence-corrected chi connectivity index (χ1v) is 9.78. The van der Waals surface area contributed by atoms with Gasteiger partial charge in [0.25, 0.3) is 6.01 Å². The van der Waals surface area contributed by atoms with E-state index in [4.69, 9.17) is 25.8 Å². The molecule has 3 aromatic rings. The number of Topliss-reactive ketones (excluding diaryl/α,β-unsaturated/α-hetero) is 1. The summed E-state index contributed by atoms with van der Waals surface area (Å²) in [7, 11) is 0. The van der Waals surface area contributed by atoms with Crippen LogP contribution in [0.15, 0.2) is 30.3 Å². The van der Waals surface area contributed by atoms with Crippen molar-refractivity contribution in [2.75, 3.05) is 13.2 Å². The van der Waals surface area contributed by atoms with Crippen molar-refractivity contribution in [3.8, 4) is 6.01 Å². The number of hydrogen-bond acceptors (Lipinski definition) is 7. The number of aromatic amines is 1. The molecule has 0 unspecified atom stereocenters. The first-order chi connectivity index (χ1) is 14.5. The molecule has 8 nitrogen and oxygen atoms in total. The number of nitrogens with zero attached hydrogens (tertiary/aromatic N) is 2. The topological polar surface area (TPSA) is 107 Å². The van der Waals surface area contributed by atoms with Gasteiger partial charge in [0.1, 0.15) is 24.1 Å². The summed E-state index contributed by atoms with van der Waals surface area (Å²) in [6.07, 6.45) is -2.05. The van der Waals surface area contributed by atoms with Crippen molar-refractivity contribution in [2.45, 2.75) is 30.8 Å². The van der Waals surface area contributed by atoms with Crippen molar-refractivity contribution in [2.24, 2.45) is 0 Å². The molecule has 156 valence electrons. The zero-order valence-corrected chi connectivity index (χ0v) is 16.3. The van der Waals surface area contributed by atoms with E-state index in [0.29, 0.717) is 16.9 Å². The Morgan fingerprint density at radius 2 is 2.07 bits per heavy atom. The fourth-order valence-corrected chi connectivity index (χ4v) is 3.95. The second-order valence-electron chi connectivity index (χ2n) is 7.23. The number of ketones is 1. The normalized spacial score (nSPS) is 25.6. The van der Waals surface area contributed by atoms with Crippen LogP contribution in [0.5, 0.6) is 6.01 Å². The summed E-state index contributed by atoms with van der Waals surface area (Å²) >= 11 is 6.28. The molecule has 0 amide bonds. The second kappa shape index (κ2) is 7.59. The molecule has 1 aromatic carbocycles. The van der Waals surface area contributed by atoms with Crippen LogP contribution in [0.4, 0.5) is 4.39 Å². The fourth-order valence-electron chi connectivity index (χ4n) is 3.74. The van der Waals surface area contributed by atoms with Gasteiger partial charge in [-0.05, 0) is 18.2 Å². The van der Waals surface area contributed by atoms with E-state index in [-0.39, 0.29) is 42.3 Å². The maximum atomic E-state index is 13.9. The number of halogens is 2.